The summed E-state index contributed by atoms with van der Waals surface area (Å²) in [6.45, 7) is -1.06. The second-order valence-electron chi connectivity index (χ2n) is 3.55. The van der Waals surface area contributed by atoms with Crippen molar-refractivity contribution in [2.24, 2.45) is 5.73 Å². The van der Waals surface area contributed by atoms with Crippen molar-refractivity contribution in [3.8, 4) is 0 Å². The number of thioether (sulfide) groups is 1. The minimum Gasteiger partial charge on any atom is -0.452 e. The van der Waals surface area contributed by atoms with E-state index in [9.17, 15) is 23.2 Å². The van der Waals surface area contributed by atoms with E-state index in [-0.39, 0.29) is 22.4 Å². The van der Waals surface area contributed by atoms with Gasteiger partial charge in [0.1, 0.15) is 5.03 Å². The minimum atomic E-state index is -2.75. The van der Waals surface area contributed by atoms with Crippen LogP contribution >= 0.6 is 11.8 Å². The lowest BCUT2D eigenvalue weighted by Gasteiger charge is -2.08. The molecule has 0 unspecified atom stereocenters. The Morgan fingerprint density at radius 1 is 1.43 bits per heavy atom. The van der Waals surface area contributed by atoms with Crippen LogP contribution in [-0.2, 0) is 14.3 Å². The molecule has 0 aliphatic carbocycles. The summed E-state index contributed by atoms with van der Waals surface area (Å²) in [6.07, 6.45) is 1.25. The van der Waals surface area contributed by atoms with Gasteiger partial charge in [0, 0.05) is 6.20 Å². The third-order valence-electron chi connectivity index (χ3n) is 1.99. The maximum absolute atomic E-state index is 12.3. The number of nitrogens with one attached hydrogen (secondary N) is 1. The van der Waals surface area contributed by atoms with Gasteiger partial charge in [-0.1, -0.05) is 0 Å². The normalized spacial score (nSPS) is 10.2. The highest BCUT2D eigenvalue weighted by molar-refractivity contribution is 7.99. The molecule has 0 spiro atoms. The van der Waals surface area contributed by atoms with Crippen molar-refractivity contribution in [2.45, 2.75) is 10.8 Å². The summed E-state index contributed by atoms with van der Waals surface area (Å²) in [7, 11) is 0. The van der Waals surface area contributed by atoms with Gasteiger partial charge in [-0.05, 0) is 23.9 Å². The van der Waals surface area contributed by atoms with Crippen molar-refractivity contribution >= 4 is 29.5 Å². The summed E-state index contributed by atoms with van der Waals surface area (Å²) in [4.78, 5) is 37.0. The number of alkyl halides is 2. The van der Waals surface area contributed by atoms with Gasteiger partial charge >= 0.3 is 5.97 Å². The van der Waals surface area contributed by atoms with Crippen LogP contribution in [0.4, 0.5) is 8.78 Å². The van der Waals surface area contributed by atoms with Gasteiger partial charge in [0.15, 0.2) is 6.61 Å². The van der Waals surface area contributed by atoms with Gasteiger partial charge < -0.3 is 15.8 Å². The summed E-state index contributed by atoms with van der Waals surface area (Å²) >= 11 is 0.0948. The highest BCUT2D eigenvalue weighted by Gasteiger charge is 2.18. The van der Waals surface area contributed by atoms with Crippen LogP contribution in [0.1, 0.15) is 10.4 Å². The monoisotopic (exact) mass is 319 g/mol. The second kappa shape index (κ2) is 8.15. The van der Waals surface area contributed by atoms with Crippen LogP contribution in [0.3, 0.4) is 0 Å². The molecule has 0 aromatic carbocycles. The molecule has 0 aliphatic rings. The summed E-state index contributed by atoms with van der Waals surface area (Å²) in [5.41, 5.74) is 4.64. The molecule has 0 bridgehead atoms. The first-order valence-corrected chi connectivity index (χ1v) is 6.40. The van der Waals surface area contributed by atoms with Gasteiger partial charge in [-0.25, -0.2) is 9.78 Å². The molecule has 0 fully saturated rings. The Morgan fingerprint density at radius 2 is 2.14 bits per heavy atom. The molecule has 3 N–H and O–H groups in total. The number of ether oxygens (including phenoxy) is 1. The summed E-state index contributed by atoms with van der Waals surface area (Å²) in [6, 6.07) is 2.63. The number of carbonyl (C=O) groups excluding carboxylic acids is 3. The molecule has 1 aromatic rings. The summed E-state index contributed by atoms with van der Waals surface area (Å²) < 4.78 is 29.3. The average molecular weight is 319 g/mol. The second-order valence-corrected chi connectivity index (χ2v) is 4.53. The lowest BCUT2D eigenvalue weighted by atomic mass is 10.3. The highest BCUT2D eigenvalue weighted by atomic mass is 32.2. The van der Waals surface area contributed by atoms with Crippen LogP contribution < -0.4 is 11.1 Å². The Balaban J connectivity index is 2.59. The highest BCUT2D eigenvalue weighted by Crippen LogP contribution is 2.26. The van der Waals surface area contributed by atoms with Gasteiger partial charge in [0.05, 0.1) is 12.1 Å². The number of primary amides is 1. The Kier molecular flexibility index (Phi) is 6.53. The number of nitrogens with two attached hydrogens (primary N) is 1. The van der Waals surface area contributed by atoms with E-state index in [4.69, 9.17) is 5.73 Å². The van der Waals surface area contributed by atoms with Crippen molar-refractivity contribution < 1.29 is 27.9 Å². The number of esters is 1. The van der Waals surface area contributed by atoms with Crippen LogP contribution in [0.2, 0.25) is 0 Å². The number of hydrogen-bond acceptors (Lipinski definition) is 6. The number of pyridine rings is 1. The number of amides is 2. The zero-order chi connectivity index (χ0) is 15.8. The van der Waals surface area contributed by atoms with Gasteiger partial charge in [-0.3, -0.25) is 9.59 Å². The lowest BCUT2D eigenvalue weighted by molar-refractivity contribution is -0.127. The Labute approximate surface area is 122 Å². The van der Waals surface area contributed by atoms with E-state index >= 15 is 0 Å². The first-order chi connectivity index (χ1) is 9.90. The molecule has 0 aliphatic heterocycles. The fourth-order valence-electron chi connectivity index (χ4n) is 1.17. The van der Waals surface area contributed by atoms with Crippen molar-refractivity contribution in [1.82, 2.24) is 10.3 Å². The van der Waals surface area contributed by atoms with Crippen molar-refractivity contribution in [3.63, 3.8) is 0 Å². The van der Waals surface area contributed by atoms with E-state index in [1.54, 1.807) is 0 Å². The Hall–Kier alpha value is -2.23. The molecular formula is C11H11F2N3O4S. The van der Waals surface area contributed by atoms with Crippen molar-refractivity contribution in [1.29, 1.82) is 0 Å². The molecule has 0 radical (unpaired) electrons. The third-order valence-corrected chi connectivity index (χ3v) is 2.71. The number of nitrogens with zero attached hydrogens (tertiary/aromatic N) is 1. The predicted molar refractivity (Wildman–Crippen MR) is 68.6 cm³/mol. The molecule has 114 valence electrons. The first-order valence-electron chi connectivity index (χ1n) is 5.52. The van der Waals surface area contributed by atoms with E-state index < -0.39 is 36.7 Å². The van der Waals surface area contributed by atoms with Gasteiger partial charge in [0.2, 0.25) is 5.91 Å². The minimum absolute atomic E-state index is 0.0948. The Morgan fingerprint density at radius 3 is 2.76 bits per heavy atom. The molecule has 0 saturated heterocycles. The van der Waals surface area contributed by atoms with Crippen molar-refractivity contribution in [3.05, 3.63) is 23.9 Å². The molecule has 1 aromatic heterocycles. The molecule has 21 heavy (non-hydrogen) atoms. The van der Waals surface area contributed by atoms with Crippen LogP contribution in [-0.4, -0.2) is 41.7 Å². The van der Waals surface area contributed by atoms with E-state index in [2.05, 4.69) is 15.0 Å². The zero-order valence-electron chi connectivity index (χ0n) is 10.5. The number of halogens is 2. The standard InChI is InChI=1S/C11H11F2N3O4S/c12-11(13)21-9-6(2-1-3-15-9)10(19)20-5-8(18)16-4-7(14)17/h1-3,11H,4-5H2,(H2,14,17)(H,16,18). The maximum atomic E-state index is 12.3. The average Bonchev–Trinajstić information content (AvgIpc) is 2.42. The smallest absolute Gasteiger partial charge is 0.341 e. The summed E-state index contributed by atoms with van der Waals surface area (Å²) in [5.74, 6) is -5.21. The van der Waals surface area contributed by atoms with Gasteiger partial charge in [-0.15, -0.1) is 0 Å². The predicted octanol–water partition coefficient (Wildman–Crippen LogP) is 0.155. The molecule has 2 amide bonds. The van der Waals surface area contributed by atoms with Crippen LogP contribution in [0.15, 0.2) is 23.4 Å². The topological polar surface area (TPSA) is 111 Å². The largest absolute Gasteiger partial charge is 0.452 e. The lowest BCUT2D eigenvalue weighted by Crippen LogP contribution is -2.36. The number of rotatable bonds is 7. The van der Waals surface area contributed by atoms with Crippen LogP contribution in [0.5, 0.6) is 0 Å². The number of carbonyl (C=O) groups is 3. The molecule has 1 heterocycles. The number of aromatic nitrogens is 1. The van der Waals surface area contributed by atoms with Gasteiger partial charge in [0.25, 0.3) is 11.7 Å². The van der Waals surface area contributed by atoms with Gasteiger partial charge in [-0.2, -0.15) is 8.78 Å². The molecule has 0 saturated carbocycles. The number of hydrogen-bond donors (Lipinski definition) is 2. The van der Waals surface area contributed by atoms with Crippen molar-refractivity contribution in [2.75, 3.05) is 13.2 Å². The van der Waals surface area contributed by atoms with E-state index in [1.807, 2.05) is 0 Å². The molecule has 10 heteroatoms. The van der Waals surface area contributed by atoms with Crippen LogP contribution in [0.25, 0.3) is 0 Å². The fraction of sp³-hybridized carbons (Fsp3) is 0.273. The quantitative estimate of drug-likeness (QED) is 0.547. The van der Waals surface area contributed by atoms with E-state index in [0.717, 1.165) is 0 Å². The summed E-state index contributed by atoms with van der Waals surface area (Å²) in [5, 5.41) is 1.91. The fourth-order valence-corrected chi connectivity index (χ4v) is 1.74. The molecular weight excluding hydrogens is 308 g/mol. The van der Waals surface area contributed by atoms with Crippen LogP contribution in [0, 0.1) is 0 Å². The molecule has 1 rings (SSSR count). The third kappa shape index (κ3) is 6.17. The van der Waals surface area contributed by atoms with E-state index in [1.165, 1.54) is 18.3 Å². The van der Waals surface area contributed by atoms with E-state index in [0.29, 0.717) is 0 Å². The first kappa shape index (κ1) is 16.8. The zero-order valence-corrected chi connectivity index (χ0v) is 11.4. The maximum Gasteiger partial charge on any atom is 0.341 e. The SMILES string of the molecule is NC(=O)CNC(=O)COC(=O)c1cccnc1SC(F)F. The molecule has 0 atom stereocenters. The Bertz CT molecular complexity index is 542. The molecule has 7 nitrogen and oxygen atoms in total.